The van der Waals surface area contributed by atoms with E-state index >= 15 is 0 Å². The molecular formula is C6H12O5. The van der Waals surface area contributed by atoms with Gasteiger partial charge in [-0.15, -0.1) is 0 Å². The third-order valence-electron chi connectivity index (χ3n) is 1.19. The van der Waals surface area contributed by atoms with E-state index in [0.717, 1.165) is 6.92 Å². The van der Waals surface area contributed by atoms with Crippen LogP contribution in [0.15, 0.2) is 0 Å². The number of aliphatic hydroxyl groups is 4. The van der Waals surface area contributed by atoms with Crippen LogP contribution in [0.5, 0.6) is 0 Å². The highest BCUT2D eigenvalue weighted by molar-refractivity contribution is 5.56. The maximum atomic E-state index is 9.93. The molecule has 0 aromatic heterocycles. The molecule has 0 heterocycles. The summed E-state index contributed by atoms with van der Waals surface area (Å²) >= 11 is 0. The van der Waals surface area contributed by atoms with E-state index < -0.39 is 24.4 Å². The molecule has 4 N–H and O–H groups in total. The van der Waals surface area contributed by atoms with Crippen LogP contribution < -0.4 is 0 Å². The Morgan fingerprint density at radius 1 is 1.36 bits per heavy atom. The molecule has 66 valence electrons. The number of hydrogen-bond donors (Lipinski definition) is 4. The van der Waals surface area contributed by atoms with Gasteiger partial charge >= 0.3 is 0 Å². The Balaban J connectivity index is 4.44. The molecule has 0 radical (unpaired) electrons. The highest BCUT2D eigenvalue weighted by Gasteiger charge is 2.27. The van der Waals surface area contributed by atoms with Crippen molar-refractivity contribution in [2.45, 2.75) is 31.3 Å². The van der Waals surface area contributed by atoms with Crippen LogP contribution in [-0.2, 0) is 4.79 Å². The zero-order valence-corrected chi connectivity index (χ0v) is 6.01. The lowest BCUT2D eigenvalue weighted by Crippen LogP contribution is -2.43. The zero-order chi connectivity index (χ0) is 9.94. The molecule has 0 aliphatic rings. The Bertz CT molecular complexity index is 158. The summed E-state index contributed by atoms with van der Waals surface area (Å²) in [4.78, 5) is 9.93. The molecule has 0 unspecified atom stereocenters. The lowest BCUT2D eigenvalue weighted by atomic mass is 10.1. The van der Waals surface area contributed by atoms with Crippen LogP contribution in [0, 0.1) is 0 Å². The second kappa shape index (κ2) is 4.40. The van der Waals surface area contributed by atoms with Gasteiger partial charge in [-0.1, -0.05) is 0 Å². The molecule has 0 spiro atoms. The van der Waals surface area contributed by atoms with Crippen LogP contribution in [0.25, 0.3) is 0 Å². The first kappa shape index (κ1) is 8.61. The molecule has 0 aliphatic heterocycles. The molecule has 5 heteroatoms. The largest absolute Gasteiger partial charge is 0.391 e. The fourth-order valence-electron chi connectivity index (χ4n) is 0.497. The normalized spacial score (nSPS) is 26.1. The second-order valence-corrected chi connectivity index (χ2v) is 2.17. The summed E-state index contributed by atoms with van der Waals surface area (Å²) in [6.45, 7) is 1.06. The molecule has 0 rings (SSSR count). The maximum Gasteiger partial charge on any atom is 0.151 e. The third-order valence-corrected chi connectivity index (χ3v) is 1.19. The van der Waals surface area contributed by atoms with Gasteiger partial charge in [-0.25, -0.2) is 0 Å². The molecule has 0 aromatic rings. The predicted molar refractivity (Wildman–Crippen MR) is 35.8 cm³/mol. The first-order valence-corrected chi connectivity index (χ1v) is 3.06. The summed E-state index contributed by atoms with van der Waals surface area (Å²) in [5.74, 6) is 0. The minimum Gasteiger partial charge on any atom is -0.391 e. The van der Waals surface area contributed by atoms with E-state index in [1.165, 1.54) is 0 Å². The molecule has 11 heavy (non-hydrogen) atoms. The minimum atomic E-state index is -2.64. The fourth-order valence-corrected chi connectivity index (χ4v) is 0.497. The van der Waals surface area contributed by atoms with Gasteiger partial charge in [-0.05, 0) is 6.92 Å². The van der Waals surface area contributed by atoms with Crippen molar-refractivity contribution >= 4 is 6.29 Å². The SMILES string of the molecule is [2H][C@@](O)([C@H](C)O)[C@@H](O)[C@H](O)C=O. The van der Waals surface area contributed by atoms with Crippen LogP contribution in [-0.4, -0.2) is 51.1 Å². The molecule has 0 aliphatic carbocycles. The van der Waals surface area contributed by atoms with Crippen LogP contribution >= 0.6 is 0 Å². The number of carbonyl (C=O) groups excluding carboxylic acids is 1. The molecular weight excluding hydrogens is 152 g/mol. The van der Waals surface area contributed by atoms with Crippen molar-refractivity contribution in [3.63, 3.8) is 0 Å². The van der Waals surface area contributed by atoms with Crippen molar-refractivity contribution in [3.8, 4) is 0 Å². The summed E-state index contributed by atoms with van der Waals surface area (Å²) in [6, 6.07) is 0. The van der Waals surface area contributed by atoms with Crippen molar-refractivity contribution in [2.24, 2.45) is 0 Å². The molecule has 5 nitrogen and oxygen atoms in total. The first-order valence-electron chi connectivity index (χ1n) is 3.56. The van der Waals surface area contributed by atoms with Gasteiger partial charge in [0.15, 0.2) is 6.29 Å². The Morgan fingerprint density at radius 2 is 1.82 bits per heavy atom. The summed E-state index contributed by atoms with van der Waals surface area (Å²) in [5, 5.41) is 35.4. The average molecular weight is 165 g/mol. The van der Waals surface area contributed by atoms with Crippen LogP contribution in [0.2, 0.25) is 0 Å². The summed E-state index contributed by atoms with van der Waals surface area (Å²) in [6.07, 6.45) is -8.12. The van der Waals surface area contributed by atoms with Crippen LogP contribution in [0.3, 0.4) is 0 Å². The van der Waals surface area contributed by atoms with E-state index in [9.17, 15) is 4.79 Å². The van der Waals surface area contributed by atoms with Crippen molar-refractivity contribution in [2.75, 3.05) is 0 Å². The molecule has 0 fully saturated rings. The van der Waals surface area contributed by atoms with Gasteiger partial charge in [-0.2, -0.15) is 0 Å². The summed E-state index contributed by atoms with van der Waals surface area (Å²) in [5.41, 5.74) is 0. The monoisotopic (exact) mass is 165 g/mol. The topological polar surface area (TPSA) is 98.0 Å². The van der Waals surface area contributed by atoms with E-state index in [1.54, 1.807) is 0 Å². The minimum absolute atomic E-state index is 0.0213. The standard InChI is InChI=1S/C6H12O5/c1-3(8)5(10)6(11)4(9)2-7/h2-6,8-11H,1H3/t3-,4+,5+,6-/m0/s1/i5D. The van der Waals surface area contributed by atoms with Gasteiger partial charge in [0.25, 0.3) is 0 Å². The van der Waals surface area contributed by atoms with E-state index in [-0.39, 0.29) is 6.29 Å². The zero-order valence-electron chi connectivity index (χ0n) is 7.01. The Kier molecular flexibility index (Phi) is 3.44. The quantitative estimate of drug-likeness (QED) is 0.350. The number of carbonyl (C=O) groups is 1. The lowest BCUT2D eigenvalue weighted by molar-refractivity contribution is -0.132. The first-order chi connectivity index (χ1) is 5.34. The summed E-state index contributed by atoms with van der Waals surface area (Å²) < 4.78 is 6.96. The lowest BCUT2D eigenvalue weighted by Gasteiger charge is -2.21. The van der Waals surface area contributed by atoms with E-state index in [2.05, 4.69) is 0 Å². The number of rotatable bonds is 4. The van der Waals surface area contributed by atoms with Gasteiger partial charge in [0, 0.05) is 0 Å². The van der Waals surface area contributed by atoms with Crippen molar-refractivity contribution in [3.05, 3.63) is 0 Å². The highest BCUT2D eigenvalue weighted by atomic mass is 16.4. The predicted octanol–water partition coefficient (Wildman–Crippen LogP) is -2.35. The Labute approximate surface area is 65.3 Å². The van der Waals surface area contributed by atoms with Crippen LogP contribution in [0.4, 0.5) is 0 Å². The van der Waals surface area contributed by atoms with Gasteiger partial charge in [-0.3, -0.25) is 0 Å². The maximum absolute atomic E-state index is 9.93. The number of aliphatic hydroxyl groups excluding tert-OH is 3. The molecule has 0 aromatic carbocycles. The number of hydrogen-bond acceptors (Lipinski definition) is 5. The Morgan fingerprint density at radius 3 is 2.09 bits per heavy atom. The average Bonchev–Trinajstić information content (AvgIpc) is 2.01. The molecule has 0 amide bonds. The van der Waals surface area contributed by atoms with Crippen molar-refractivity contribution in [1.29, 1.82) is 0 Å². The molecule has 0 saturated heterocycles. The number of aldehydes is 1. The fraction of sp³-hybridized carbons (Fsp3) is 0.833. The van der Waals surface area contributed by atoms with Gasteiger partial charge in [0.05, 0.1) is 7.47 Å². The van der Waals surface area contributed by atoms with Gasteiger partial charge in [0.2, 0.25) is 0 Å². The second-order valence-electron chi connectivity index (χ2n) is 2.17. The van der Waals surface area contributed by atoms with E-state index in [1.807, 2.05) is 0 Å². The van der Waals surface area contributed by atoms with E-state index in [0.29, 0.717) is 0 Å². The molecule has 0 saturated carbocycles. The Hall–Kier alpha value is -0.490. The van der Waals surface area contributed by atoms with Crippen LogP contribution in [0.1, 0.15) is 8.29 Å². The van der Waals surface area contributed by atoms with Crippen molar-refractivity contribution in [1.82, 2.24) is 0 Å². The van der Waals surface area contributed by atoms with Crippen molar-refractivity contribution < 1.29 is 26.6 Å². The third kappa shape index (κ3) is 2.94. The van der Waals surface area contributed by atoms with Gasteiger partial charge in [0.1, 0.15) is 18.3 Å². The van der Waals surface area contributed by atoms with E-state index in [4.69, 9.17) is 21.8 Å². The highest BCUT2D eigenvalue weighted by Crippen LogP contribution is 2.02. The smallest absolute Gasteiger partial charge is 0.151 e. The molecule has 4 atom stereocenters. The molecule has 0 bridgehead atoms. The van der Waals surface area contributed by atoms with Gasteiger partial charge < -0.3 is 25.2 Å². The summed E-state index contributed by atoms with van der Waals surface area (Å²) in [7, 11) is 0.